The lowest BCUT2D eigenvalue weighted by Crippen LogP contribution is -2.46. The number of aliphatic hydroxyl groups is 1. The van der Waals surface area contributed by atoms with Gasteiger partial charge < -0.3 is 15.5 Å². The Kier molecular flexibility index (Phi) is 5.46. The molecular formula is C12H13F2NO4S. The maximum Gasteiger partial charge on any atom is 0.337 e. The molecule has 0 saturated carbocycles. The molecule has 0 aliphatic rings. The Bertz CT molecular complexity index is 522. The van der Waals surface area contributed by atoms with Crippen molar-refractivity contribution in [3.63, 3.8) is 0 Å². The zero-order chi connectivity index (χ0) is 15.3. The number of rotatable bonds is 6. The molecule has 8 heteroatoms. The van der Waals surface area contributed by atoms with Gasteiger partial charge in [0.2, 0.25) is 5.91 Å². The predicted octanol–water partition coefficient (Wildman–Crippen LogP) is 1.01. The van der Waals surface area contributed by atoms with Crippen molar-refractivity contribution in [1.29, 1.82) is 0 Å². The number of nitrogens with one attached hydrogen (secondary N) is 1. The SMILES string of the molecule is CC(O)(CNC(=O)CSc1ccc(F)cc1F)C(=O)O. The van der Waals surface area contributed by atoms with Crippen molar-refractivity contribution in [1.82, 2.24) is 5.32 Å². The first-order valence-electron chi connectivity index (χ1n) is 5.52. The molecule has 0 spiro atoms. The summed E-state index contributed by atoms with van der Waals surface area (Å²) in [5, 5.41) is 20.2. The van der Waals surface area contributed by atoms with E-state index in [-0.39, 0.29) is 10.6 Å². The number of amides is 1. The second-order valence-corrected chi connectivity index (χ2v) is 5.24. The van der Waals surface area contributed by atoms with Crippen LogP contribution in [-0.2, 0) is 9.59 Å². The highest BCUT2D eigenvalue weighted by Gasteiger charge is 2.30. The van der Waals surface area contributed by atoms with E-state index in [0.29, 0.717) is 6.07 Å². The Morgan fingerprint density at radius 2 is 2.05 bits per heavy atom. The standard InChI is InChI=1S/C12H13F2NO4S/c1-12(19,11(17)18)6-15-10(16)5-20-9-3-2-7(13)4-8(9)14/h2-4,19H,5-6H2,1H3,(H,15,16)(H,17,18). The van der Waals surface area contributed by atoms with E-state index in [2.05, 4.69) is 5.32 Å². The fourth-order valence-electron chi connectivity index (χ4n) is 1.13. The lowest BCUT2D eigenvalue weighted by Gasteiger charge is -2.18. The first kappa shape index (κ1) is 16.4. The number of halogens is 2. The number of hydrogen-bond acceptors (Lipinski definition) is 4. The lowest BCUT2D eigenvalue weighted by atomic mass is 10.1. The fourth-order valence-corrected chi connectivity index (χ4v) is 1.88. The van der Waals surface area contributed by atoms with Crippen molar-refractivity contribution in [3.8, 4) is 0 Å². The molecule has 1 aromatic rings. The Morgan fingerprint density at radius 3 is 2.60 bits per heavy atom. The summed E-state index contributed by atoms with van der Waals surface area (Å²) in [6.07, 6.45) is 0. The van der Waals surface area contributed by atoms with Gasteiger partial charge in [0.05, 0.1) is 12.3 Å². The van der Waals surface area contributed by atoms with Crippen LogP contribution in [0, 0.1) is 11.6 Å². The molecule has 0 radical (unpaired) electrons. The third-order valence-corrected chi connectivity index (χ3v) is 3.39. The molecular weight excluding hydrogens is 292 g/mol. The number of carboxylic acids is 1. The zero-order valence-electron chi connectivity index (χ0n) is 10.5. The van der Waals surface area contributed by atoms with Crippen LogP contribution in [0.4, 0.5) is 8.78 Å². The molecule has 1 aromatic carbocycles. The van der Waals surface area contributed by atoms with Gasteiger partial charge in [0.1, 0.15) is 11.6 Å². The lowest BCUT2D eigenvalue weighted by molar-refractivity contribution is -0.156. The molecule has 1 unspecified atom stereocenters. The minimum atomic E-state index is -2.07. The Balaban J connectivity index is 2.46. The summed E-state index contributed by atoms with van der Waals surface area (Å²) in [5.74, 6) is -3.71. The molecule has 1 atom stereocenters. The number of carbonyl (C=O) groups is 2. The third kappa shape index (κ3) is 4.78. The maximum absolute atomic E-state index is 13.3. The highest BCUT2D eigenvalue weighted by atomic mass is 32.2. The summed E-state index contributed by atoms with van der Waals surface area (Å²) >= 11 is 0.840. The molecule has 5 nitrogen and oxygen atoms in total. The van der Waals surface area contributed by atoms with Gasteiger partial charge in [0, 0.05) is 11.0 Å². The van der Waals surface area contributed by atoms with Crippen molar-refractivity contribution in [2.24, 2.45) is 0 Å². The van der Waals surface area contributed by atoms with Crippen LogP contribution in [0.15, 0.2) is 23.1 Å². The second kappa shape index (κ2) is 6.67. The molecule has 3 N–H and O–H groups in total. The van der Waals surface area contributed by atoms with E-state index >= 15 is 0 Å². The highest BCUT2D eigenvalue weighted by Crippen LogP contribution is 2.21. The van der Waals surface area contributed by atoms with Crippen LogP contribution >= 0.6 is 11.8 Å². The van der Waals surface area contributed by atoms with Crippen LogP contribution in [0.2, 0.25) is 0 Å². The second-order valence-electron chi connectivity index (χ2n) is 4.22. The van der Waals surface area contributed by atoms with E-state index in [0.717, 1.165) is 24.8 Å². The van der Waals surface area contributed by atoms with Gasteiger partial charge in [-0.3, -0.25) is 4.79 Å². The Labute approximate surface area is 118 Å². The van der Waals surface area contributed by atoms with Crippen LogP contribution < -0.4 is 5.32 Å². The molecule has 110 valence electrons. The van der Waals surface area contributed by atoms with E-state index in [9.17, 15) is 23.5 Å². The highest BCUT2D eigenvalue weighted by molar-refractivity contribution is 8.00. The molecule has 0 bridgehead atoms. The molecule has 0 aliphatic carbocycles. The average molecular weight is 305 g/mol. The van der Waals surface area contributed by atoms with Gasteiger partial charge in [-0.05, 0) is 19.1 Å². The van der Waals surface area contributed by atoms with Gasteiger partial charge in [-0.2, -0.15) is 0 Å². The van der Waals surface area contributed by atoms with Crippen LogP contribution in [0.5, 0.6) is 0 Å². The van der Waals surface area contributed by atoms with Gasteiger partial charge in [-0.15, -0.1) is 11.8 Å². The monoisotopic (exact) mass is 305 g/mol. The van der Waals surface area contributed by atoms with E-state index in [1.807, 2.05) is 0 Å². The number of aliphatic carboxylic acids is 1. The smallest absolute Gasteiger partial charge is 0.337 e. The average Bonchev–Trinajstić information content (AvgIpc) is 2.35. The molecule has 0 aliphatic heterocycles. The van der Waals surface area contributed by atoms with E-state index in [1.54, 1.807) is 0 Å². The van der Waals surface area contributed by atoms with Crippen LogP contribution in [0.1, 0.15) is 6.92 Å². The largest absolute Gasteiger partial charge is 0.479 e. The normalized spacial score (nSPS) is 13.6. The predicted molar refractivity (Wildman–Crippen MR) is 68.4 cm³/mol. The van der Waals surface area contributed by atoms with Crippen LogP contribution in [0.25, 0.3) is 0 Å². The van der Waals surface area contributed by atoms with Crippen molar-refractivity contribution < 1.29 is 28.6 Å². The zero-order valence-corrected chi connectivity index (χ0v) is 11.3. The molecule has 1 amide bonds. The van der Waals surface area contributed by atoms with E-state index in [1.165, 1.54) is 6.07 Å². The molecule has 0 fully saturated rings. The molecule has 20 heavy (non-hydrogen) atoms. The Hall–Kier alpha value is -1.67. The summed E-state index contributed by atoms with van der Waals surface area (Å²) in [7, 11) is 0. The summed E-state index contributed by atoms with van der Waals surface area (Å²) in [4.78, 5) is 22.1. The van der Waals surface area contributed by atoms with Gasteiger partial charge in [0.15, 0.2) is 5.60 Å². The summed E-state index contributed by atoms with van der Waals surface area (Å²) in [6, 6.07) is 2.98. The number of hydrogen-bond donors (Lipinski definition) is 3. The van der Waals surface area contributed by atoms with Gasteiger partial charge >= 0.3 is 5.97 Å². The summed E-state index contributed by atoms with van der Waals surface area (Å²) < 4.78 is 25.9. The first-order valence-corrected chi connectivity index (χ1v) is 6.51. The van der Waals surface area contributed by atoms with Gasteiger partial charge in [-0.25, -0.2) is 13.6 Å². The fraction of sp³-hybridized carbons (Fsp3) is 0.333. The maximum atomic E-state index is 13.3. The van der Waals surface area contributed by atoms with E-state index in [4.69, 9.17) is 5.11 Å². The third-order valence-electron chi connectivity index (χ3n) is 2.34. The van der Waals surface area contributed by atoms with Crippen molar-refractivity contribution in [3.05, 3.63) is 29.8 Å². The minimum Gasteiger partial charge on any atom is -0.479 e. The summed E-state index contributed by atoms with van der Waals surface area (Å²) in [6.45, 7) is 0.579. The van der Waals surface area contributed by atoms with Crippen molar-refractivity contribution >= 4 is 23.6 Å². The quantitative estimate of drug-likeness (QED) is 0.683. The molecule has 0 saturated heterocycles. The molecule has 0 aromatic heterocycles. The molecule has 1 rings (SSSR count). The number of thioether (sulfide) groups is 1. The molecule has 0 heterocycles. The van der Waals surface area contributed by atoms with Crippen molar-refractivity contribution in [2.75, 3.05) is 12.3 Å². The minimum absolute atomic E-state index is 0.103. The topological polar surface area (TPSA) is 86.6 Å². The summed E-state index contributed by atoms with van der Waals surface area (Å²) in [5.41, 5.74) is -2.07. The van der Waals surface area contributed by atoms with Crippen molar-refractivity contribution in [2.45, 2.75) is 17.4 Å². The van der Waals surface area contributed by atoms with Crippen LogP contribution in [0.3, 0.4) is 0 Å². The van der Waals surface area contributed by atoms with Crippen LogP contribution in [-0.4, -0.2) is 40.0 Å². The Morgan fingerprint density at radius 1 is 1.40 bits per heavy atom. The van der Waals surface area contributed by atoms with Gasteiger partial charge in [-0.1, -0.05) is 0 Å². The number of carboxylic acid groups (broad SMARTS) is 1. The first-order chi connectivity index (χ1) is 9.22. The van der Waals surface area contributed by atoms with E-state index < -0.39 is 35.7 Å². The van der Waals surface area contributed by atoms with Gasteiger partial charge in [0.25, 0.3) is 0 Å². The number of carbonyl (C=O) groups excluding carboxylic acids is 1. The number of benzene rings is 1.